The van der Waals surface area contributed by atoms with Gasteiger partial charge in [0.25, 0.3) is 5.69 Å². The molecule has 0 saturated carbocycles. The Morgan fingerprint density at radius 1 is 1.12 bits per heavy atom. The molecule has 1 unspecified atom stereocenters. The summed E-state index contributed by atoms with van der Waals surface area (Å²) in [4.78, 5) is 18.9. The van der Waals surface area contributed by atoms with Crippen LogP contribution in [-0.4, -0.2) is 20.9 Å². The molecule has 0 spiro atoms. The fourth-order valence-electron chi connectivity index (χ4n) is 3.16. The SMILES string of the molecule is O=[N+]([O-])c1ccc2c(c1)CC(Nc1ncnc3ccc(F)cc13)C2. The molecule has 24 heavy (non-hydrogen) atoms. The Morgan fingerprint density at radius 2 is 1.96 bits per heavy atom. The molecule has 0 amide bonds. The minimum Gasteiger partial charge on any atom is -0.366 e. The molecule has 1 atom stereocenters. The Bertz CT molecular complexity index is 960. The second-order valence-corrected chi connectivity index (χ2v) is 5.84. The van der Waals surface area contributed by atoms with Gasteiger partial charge in [-0.25, -0.2) is 14.4 Å². The van der Waals surface area contributed by atoms with Crippen LogP contribution in [0.15, 0.2) is 42.7 Å². The Hall–Kier alpha value is -3.09. The summed E-state index contributed by atoms with van der Waals surface area (Å²) in [6.07, 6.45) is 2.85. The Morgan fingerprint density at radius 3 is 2.79 bits per heavy atom. The number of nitro groups is 1. The average molecular weight is 324 g/mol. The van der Waals surface area contributed by atoms with Crippen molar-refractivity contribution in [3.8, 4) is 0 Å². The fourth-order valence-corrected chi connectivity index (χ4v) is 3.16. The van der Waals surface area contributed by atoms with Gasteiger partial charge in [-0.15, -0.1) is 0 Å². The van der Waals surface area contributed by atoms with E-state index < -0.39 is 0 Å². The van der Waals surface area contributed by atoms with E-state index in [1.165, 1.54) is 24.5 Å². The van der Waals surface area contributed by atoms with Crippen LogP contribution < -0.4 is 5.32 Å². The number of halogens is 1. The van der Waals surface area contributed by atoms with Gasteiger partial charge >= 0.3 is 0 Å². The summed E-state index contributed by atoms with van der Waals surface area (Å²) in [7, 11) is 0. The first-order chi connectivity index (χ1) is 11.6. The van der Waals surface area contributed by atoms with Crippen molar-refractivity contribution in [1.29, 1.82) is 0 Å². The number of benzene rings is 2. The summed E-state index contributed by atoms with van der Waals surface area (Å²) in [5, 5.41) is 14.8. The minimum atomic E-state index is -0.387. The first kappa shape index (κ1) is 14.5. The van der Waals surface area contributed by atoms with Crippen molar-refractivity contribution in [1.82, 2.24) is 9.97 Å². The van der Waals surface area contributed by atoms with Gasteiger partial charge in [0.2, 0.25) is 0 Å². The van der Waals surface area contributed by atoms with Crippen molar-refractivity contribution < 1.29 is 9.31 Å². The number of nitro benzene ring substituents is 1. The Kier molecular flexibility index (Phi) is 3.34. The minimum absolute atomic E-state index is 0.0587. The highest BCUT2D eigenvalue weighted by Crippen LogP contribution is 2.29. The zero-order valence-electron chi connectivity index (χ0n) is 12.6. The Labute approximate surface area is 136 Å². The molecule has 0 bridgehead atoms. The maximum atomic E-state index is 13.5. The van der Waals surface area contributed by atoms with Crippen LogP contribution in [0.5, 0.6) is 0 Å². The molecule has 1 N–H and O–H groups in total. The molecule has 0 radical (unpaired) electrons. The lowest BCUT2D eigenvalue weighted by Crippen LogP contribution is -2.20. The van der Waals surface area contributed by atoms with Gasteiger partial charge in [-0.2, -0.15) is 0 Å². The normalized spacial score (nSPS) is 16.1. The lowest BCUT2D eigenvalue weighted by molar-refractivity contribution is -0.384. The van der Waals surface area contributed by atoms with Crippen LogP contribution in [0.1, 0.15) is 11.1 Å². The van der Waals surface area contributed by atoms with Crippen LogP contribution in [0.4, 0.5) is 15.9 Å². The van der Waals surface area contributed by atoms with E-state index in [1.807, 2.05) is 0 Å². The van der Waals surface area contributed by atoms with Crippen LogP contribution >= 0.6 is 0 Å². The molecule has 2 aromatic carbocycles. The summed E-state index contributed by atoms with van der Waals surface area (Å²) in [6, 6.07) is 9.39. The Balaban J connectivity index is 1.61. The number of anilines is 1. The molecule has 1 aliphatic carbocycles. The third kappa shape index (κ3) is 2.54. The van der Waals surface area contributed by atoms with Gasteiger partial charge in [0.1, 0.15) is 18.0 Å². The molecule has 4 rings (SSSR count). The van der Waals surface area contributed by atoms with Crippen molar-refractivity contribution in [2.75, 3.05) is 5.32 Å². The molecule has 0 aliphatic heterocycles. The third-order valence-corrected chi connectivity index (χ3v) is 4.27. The van der Waals surface area contributed by atoms with Crippen LogP contribution in [0.2, 0.25) is 0 Å². The molecule has 1 aromatic heterocycles. The molecule has 120 valence electrons. The highest BCUT2D eigenvalue weighted by atomic mass is 19.1. The topological polar surface area (TPSA) is 81.0 Å². The molecule has 0 saturated heterocycles. The van der Waals surface area contributed by atoms with Crippen LogP contribution in [0.3, 0.4) is 0 Å². The monoisotopic (exact) mass is 324 g/mol. The predicted molar refractivity (Wildman–Crippen MR) is 87.4 cm³/mol. The van der Waals surface area contributed by atoms with Gasteiger partial charge in [0, 0.05) is 23.6 Å². The van der Waals surface area contributed by atoms with Gasteiger partial charge in [-0.05, 0) is 42.2 Å². The molecule has 0 fully saturated rings. The van der Waals surface area contributed by atoms with Gasteiger partial charge in [0.15, 0.2) is 0 Å². The quantitative estimate of drug-likeness (QED) is 0.591. The van der Waals surface area contributed by atoms with E-state index in [2.05, 4.69) is 15.3 Å². The van der Waals surface area contributed by atoms with Crippen molar-refractivity contribution in [2.24, 2.45) is 0 Å². The van der Waals surface area contributed by atoms with Crippen molar-refractivity contribution >= 4 is 22.4 Å². The fraction of sp³-hybridized carbons (Fsp3) is 0.176. The standard InChI is InChI=1S/C17H13FN4O2/c18-12-2-4-16-15(8-12)17(20-9-19-16)21-13-5-10-1-3-14(22(23)24)7-11(10)6-13/h1-4,7-9,13H,5-6H2,(H,19,20,21). The molecule has 7 heteroatoms. The maximum absolute atomic E-state index is 13.5. The predicted octanol–water partition coefficient (Wildman–Crippen LogP) is 3.26. The lowest BCUT2D eigenvalue weighted by Gasteiger charge is -2.14. The summed E-state index contributed by atoms with van der Waals surface area (Å²) in [6.45, 7) is 0. The van der Waals surface area contributed by atoms with Gasteiger partial charge in [-0.1, -0.05) is 6.07 Å². The number of nitrogens with one attached hydrogen (secondary N) is 1. The van der Waals surface area contributed by atoms with Crippen LogP contribution in [-0.2, 0) is 12.8 Å². The molecule has 1 heterocycles. The number of hydrogen-bond donors (Lipinski definition) is 1. The van der Waals surface area contributed by atoms with E-state index in [-0.39, 0.29) is 22.5 Å². The van der Waals surface area contributed by atoms with Crippen molar-refractivity contribution in [3.05, 3.63) is 69.8 Å². The third-order valence-electron chi connectivity index (χ3n) is 4.27. The first-order valence-electron chi connectivity index (χ1n) is 7.53. The molecular weight excluding hydrogens is 311 g/mol. The number of rotatable bonds is 3. The molecule has 6 nitrogen and oxygen atoms in total. The second kappa shape index (κ2) is 5.52. The zero-order chi connectivity index (χ0) is 16.7. The number of aromatic nitrogens is 2. The largest absolute Gasteiger partial charge is 0.366 e. The summed E-state index contributed by atoms with van der Waals surface area (Å²) in [5.41, 5.74) is 2.82. The molecular formula is C17H13FN4O2. The summed E-state index contributed by atoms with van der Waals surface area (Å²) in [5.74, 6) is 0.234. The second-order valence-electron chi connectivity index (χ2n) is 5.84. The molecule has 3 aromatic rings. The lowest BCUT2D eigenvalue weighted by atomic mass is 10.1. The average Bonchev–Trinajstić information content (AvgIpc) is 2.96. The highest BCUT2D eigenvalue weighted by Gasteiger charge is 2.24. The number of non-ortho nitro benzene ring substituents is 1. The van der Waals surface area contributed by atoms with Gasteiger partial charge in [-0.3, -0.25) is 10.1 Å². The van der Waals surface area contributed by atoms with Crippen LogP contribution in [0, 0.1) is 15.9 Å². The van der Waals surface area contributed by atoms with Crippen LogP contribution in [0.25, 0.3) is 10.9 Å². The zero-order valence-corrected chi connectivity index (χ0v) is 12.6. The summed E-state index contributed by atoms with van der Waals surface area (Å²) < 4.78 is 13.5. The summed E-state index contributed by atoms with van der Waals surface area (Å²) >= 11 is 0. The number of nitrogens with zero attached hydrogens (tertiary/aromatic N) is 3. The highest BCUT2D eigenvalue weighted by molar-refractivity contribution is 5.88. The van der Waals surface area contributed by atoms with E-state index in [1.54, 1.807) is 18.2 Å². The number of hydrogen-bond acceptors (Lipinski definition) is 5. The van der Waals surface area contributed by atoms with E-state index in [0.29, 0.717) is 23.1 Å². The van der Waals surface area contributed by atoms with Crippen molar-refractivity contribution in [2.45, 2.75) is 18.9 Å². The van der Waals surface area contributed by atoms with Crippen molar-refractivity contribution in [3.63, 3.8) is 0 Å². The first-order valence-corrected chi connectivity index (χ1v) is 7.53. The number of fused-ring (bicyclic) bond motifs is 2. The van der Waals surface area contributed by atoms with E-state index in [4.69, 9.17) is 0 Å². The van der Waals surface area contributed by atoms with E-state index in [0.717, 1.165) is 17.5 Å². The van der Waals surface area contributed by atoms with Gasteiger partial charge in [0.05, 0.1) is 10.4 Å². The van der Waals surface area contributed by atoms with E-state index in [9.17, 15) is 14.5 Å². The molecule has 1 aliphatic rings. The van der Waals surface area contributed by atoms with Gasteiger partial charge < -0.3 is 5.32 Å². The maximum Gasteiger partial charge on any atom is 0.269 e. The smallest absolute Gasteiger partial charge is 0.269 e. The van der Waals surface area contributed by atoms with E-state index >= 15 is 0 Å².